The highest BCUT2D eigenvalue weighted by molar-refractivity contribution is 5.91. The van der Waals surface area contributed by atoms with Crippen LogP contribution < -0.4 is 0 Å². The lowest BCUT2D eigenvalue weighted by molar-refractivity contribution is 0.0671. The Morgan fingerprint density at radius 2 is 2.00 bits per heavy atom. The topological polar surface area (TPSA) is 72.4 Å². The summed E-state index contributed by atoms with van der Waals surface area (Å²) >= 11 is 0. The van der Waals surface area contributed by atoms with E-state index in [4.69, 9.17) is 8.94 Å². The number of furan rings is 1. The number of benzene rings is 1. The zero-order chi connectivity index (χ0) is 17.8. The molecule has 0 aliphatic rings. The molecule has 0 spiro atoms. The van der Waals surface area contributed by atoms with Crippen molar-refractivity contribution in [3.05, 3.63) is 60.1 Å². The van der Waals surface area contributed by atoms with E-state index in [-0.39, 0.29) is 17.8 Å². The number of amides is 1. The van der Waals surface area contributed by atoms with Crippen molar-refractivity contribution in [2.75, 3.05) is 6.54 Å². The third kappa shape index (κ3) is 3.93. The number of rotatable bonds is 6. The van der Waals surface area contributed by atoms with Crippen LogP contribution >= 0.6 is 0 Å². The first-order valence-electron chi connectivity index (χ1n) is 7.97. The van der Waals surface area contributed by atoms with Crippen molar-refractivity contribution in [3.8, 4) is 11.4 Å². The van der Waals surface area contributed by atoms with E-state index < -0.39 is 0 Å². The maximum atomic E-state index is 13.0. The Balaban J connectivity index is 1.67. The van der Waals surface area contributed by atoms with Gasteiger partial charge in [-0.05, 0) is 50.2 Å². The molecule has 0 N–H and O–H groups in total. The van der Waals surface area contributed by atoms with E-state index in [0.717, 1.165) is 0 Å². The van der Waals surface area contributed by atoms with Gasteiger partial charge in [-0.1, -0.05) is 5.16 Å². The van der Waals surface area contributed by atoms with Gasteiger partial charge in [0.25, 0.3) is 5.91 Å². The lowest BCUT2D eigenvalue weighted by Crippen LogP contribution is -2.38. The quantitative estimate of drug-likeness (QED) is 0.684. The molecular formula is C18H18FN3O3. The molecule has 2 aromatic heterocycles. The highest BCUT2D eigenvalue weighted by Crippen LogP contribution is 2.17. The van der Waals surface area contributed by atoms with Gasteiger partial charge in [0.2, 0.25) is 11.7 Å². The number of carbonyl (C=O) groups is 1. The summed E-state index contributed by atoms with van der Waals surface area (Å²) in [6.45, 7) is 4.28. The van der Waals surface area contributed by atoms with Gasteiger partial charge >= 0.3 is 0 Å². The summed E-state index contributed by atoms with van der Waals surface area (Å²) in [5.74, 6) is 0.599. The van der Waals surface area contributed by atoms with Gasteiger partial charge in [-0.25, -0.2) is 4.39 Å². The maximum Gasteiger partial charge on any atom is 0.289 e. The van der Waals surface area contributed by atoms with Crippen LogP contribution in [-0.4, -0.2) is 33.5 Å². The minimum absolute atomic E-state index is 0.00269. The molecule has 0 saturated heterocycles. The summed E-state index contributed by atoms with van der Waals surface area (Å²) in [6, 6.07) is 9.17. The van der Waals surface area contributed by atoms with Crippen molar-refractivity contribution in [1.29, 1.82) is 0 Å². The number of nitrogens with zero attached hydrogens (tertiary/aromatic N) is 3. The molecule has 2 heterocycles. The van der Waals surface area contributed by atoms with E-state index in [2.05, 4.69) is 10.1 Å². The van der Waals surface area contributed by atoms with Gasteiger partial charge < -0.3 is 13.8 Å². The fourth-order valence-corrected chi connectivity index (χ4v) is 2.42. The molecule has 3 aromatic rings. The fraction of sp³-hybridized carbons (Fsp3) is 0.278. The zero-order valence-corrected chi connectivity index (χ0v) is 14.0. The molecule has 7 heteroatoms. The second-order valence-electron chi connectivity index (χ2n) is 5.84. The van der Waals surface area contributed by atoms with Crippen molar-refractivity contribution < 1.29 is 18.1 Å². The van der Waals surface area contributed by atoms with Crippen molar-refractivity contribution in [2.24, 2.45) is 0 Å². The summed E-state index contributed by atoms with van der Waals surface area (Å²) in [5.41, 5.74) is 0.670. The Kier molecular flexibility index (Phi) is 4.92. The van der Waals surface area contributed by atoms with Crippen molar-refractivity contribution in [2.45, 2.75) is 26.3 Å². The van der Waals surface area contributed by atoms with Crippen LogP contribution in [0.25, 0.3) is 11.4 Å². The molecule has 0 saturated carbocycles. The minimum Gasteiger partial charge on any atom is -0.459 e. The molecule has 25 heavy (non-hydrogen) atoms. The summed E-state index contributed by atoms with van der Waals surface area (Å²) in [7, 11) is 0. The summed E-state index contributed by atoms with van der Waals surface area (Å²) in [5, 5.41) is 3.90. The molecule has 0 atom stereocenters. The predicted molar refractivity (Wildman–Crippen MR) is 88.3 cm³/mol. The molecule has 3 rings (SSSR count). The third-order valence-electron chi connectivity index (χ3n) is 3.75. The largest absolute Gasteiger partial charge is 0.459 e. The predicted octanol–water partition coefficient (Wildman–Crippen LogP) is 3.56. The fourth-order valence-electron chi connectivity index (χ4n) is 2.42. The SMILES string of the molecule is CC(C)N(CCc1nc(-c2ccc(F)cc2)no1)C(=O)c1ccco1. The summed E-state index contributed by atoms with van der Waals surface area (Å²) in [4.78, 5) is 18.4. The molecule has 0 fully saturated rings. The van der Waals surface area contributed by atoms with Gasteiger partial charge in [0.15, 0.2) is 5.76 Å². The van der Waals surface area contributed by atoms with Crippen LogP contribution in [0.1, 0.15) is 30.3 Å². The number of carbonyl (C=O) groups excluding carboxylic acids is 1. The van der Waals surface area contributed by atoms with Gasteiger partial charge in [0.05, 0.1) is 6.26 Å². The molecule has 0 unspecified atom stereocenters. The second-order valence-corrected chi connectivity index (χ2v) is 5.84. The van der Waals surface area contributed by atoms with Gasteiger partial charge in [-0.2, -0.15) is 4.98 Å². The minimum atomic E-state index is -0.323. The standard InChI is InChI=1S/C18H18FN3O3/c1-12(2)22(18(23)15-4-3-11-24-15)10-9-16-20-17(21-25-16)13-5-7-14(19)8-6-13/h3-8,11-12H,9-10H2,1-2H3. The molecule has 6 nitrogen and oxygen atoms in total. The second kappa shape index (κ2) is 7.29. The van der Waals surface area contributed by atoms with Gasteiger partial charge in [0.1, 0.15) is 5.82 Å². The average Bonchev–Trinajstić information content (AvgIpc) is 3.27. The van der Waals surface area contributed by atoms with Crippen molar-refractivity contribution in [1.82, 2.24) is 15.0 Å². The molecular weight excluding hydrogens is 325 g/mol. The van der Waals surface area contributed by atoms with Gasteiger partial charge in [-0.15, -0.1) is 0 Å². The molecule has 1 amide bonds. The first kappa shape index (κ1) is 16.9. The van der Waals surface area contributed by atoms with E-state index in [1.54, 1.807) is 29.2 Å². The van der Waals surface area contributed by atoms with E-state index in [1.165, 1.54) is 18.4 Å². The Labute approximate surface area is 144 Å². The Morgan fingerprint density at radius 3 is 2.64 bits per heavy atom. The number of aromatic nitrogens is 2. The van der Waals surface area contributed by atoms with Gasteiger partial charge in [-0.3, -0.25) is 4.79 Å². The van der Waals surface area contributed by atoms with E-state index in [9.17, 15) is 9.18 Å². The van der Waals surface area contributed by atoms with Crippen LogP contribution in [0.15, 0.2) is 51.6 Å². The number of halogens is 1. The molecule has 0 aliphatic heterocycles. The molecule has 0 radical (unpaired) electrons. The Hall–Kier alpha value is -2.96. The third-order valence-corrected chi connectivity index (χ3v) is 3.75. The van der Waals surface area contributed by atoms with Crippen LogP contribution in [0, 0.1) is 5.82 Å². The highest BCUT2D eigenvalue weighted by atomic mass is 19.1. The van der Waals surface area contributed by atoms with Crippen LogP contribution in [0.3, 0.4) is 0 Å². The number of hydrogen-bond donors (Lipinski definition) is 0. The molecule has 0 bridgehead atoms. The lowest BCUT2D eigenvalue weighted by atomic mass is 10.2. The van der Waals surface area contributed by atoms with E-state index in [1.807, 2.05) is 13.8 Å². The van der Waals surface area contributed by atoms with Crippen LogP contribution in [0.2, 0.25) is 0 Å². The maximum absolute atomic E-state index is 13.0. The highest BCUT2D eigenvalue weighted by Gasteiger charge is 2.21. The normalized spacial score (nSPS) is 11.0. The van der Waals surface area contributed by atoms with Gasteiger partial charge in [0, 0.05) is 24.6 Å². The monoisotopic (exact) mass is 343 g/mol. The molecule has 1 aromatic carbocycles. The van der Waals surface area contributed by atoms with E-state index >= 15 is 0 Å². The van der Waals surface area contributed by atoms with Crippen LogP contribution in [0.4, 0.5) is 4.39 Å². The zero-order valence-electron chi connectivity index (χ0n) is 14.0. The van der Waals surface area contributed by atoms with Crippen LogP contribution in [-0.2, 0) is 6.42 Å². The summed E-state index contributed by atoms with van der Waals surface area (Å²) in [6.07, 6.45) is 1.89. The van der Waals surface area contributed by atoms with E-state index in [0.29, 0.717) is 36.0 Å². The number of hydrogen-bond acceptors (Lipinski definition) is 5. The smallest absolute Gasteiger partial charge is 0.289 e. The van der Waals surface area contributed by atoms with Crippen LogP contribution in [0.5, 0.6) is 0 Å². The first-order chi connectivity index (χ1) is 12.0. The van der Waals surface area contributed by atoms with Crippen molar-refractivity contribution in [3.63, 3.8) is 0 Å². The lowest BCUT2D eigenvalue weighted by Gasteiger charge is -2.25. The molecule has 0 aliphatic carbocycles. The Morgan fingerprint density at radius 1 is 1.24 bits per heavy atom. The summed E-state index contributed by atoms with van der Waals surface area (Å²) < 4.78 is 23.4. The van der Waals surface area contributed by atoms with Crippen molar-refractivity contribution >= 4 is 5.91 Å². The molecule has 130 valence electrons. The average molecular weight is 343 g/mol. The Bertz CT molecular complexity index is 826. The first-order valence-corrected chi connectivity index (χ1v) is 7.97.